The topological polar surface area (TPSA) is 66.4 Å². The Morgan fingerprint density at radius 3 is 2.38 bits per heavy atom. The van der Waals surface area contributed by atoms with Gasteiger partial charge in [-0.2, -0.15) is 25.3 Å². The summed E-state index contributed by atoms with van der Waals surface area (Å²) in [4.78, 5) is 21.2. The van der Waals surface area contributed by atoms with Crippen molar-refractivity contribution >= 4 is 37.1 Å². The zero-order chi connectivity index (χ0) is 10.4. The van der Waals surface area contributed by atoms with Crippen LogP contribution in [0.2, 0.25) is 0 Å². The highest BCUT2D eigenvalue weighted by Gasteiger charge is 2.20. The Bertz CT molecular complexity index is 198. The van der Waals surface area contributed by atoms with Crippen LogP contribution in [0.15, 0.2) is 0 Å². The average Bonchev–Trinajstić information content (AvgIpc) is 2.02. The lowest BCUT2D eigenvalue weighted by molar-refractivity contribution is -0.141. The van der Waals surface area contributed by atoms with Crippen LogP contribution >= 0.6 is 25.3 Å². The molecule has 0 aromatic carbocycles. The van der Waals surface area contributed by atoms with E-state index in [-0.39, 0.29) is 17.6 Å². The number of aliphatic carboxylic acids is 1. The molecule has 0 aliphatic carbocycles. The van der Waals surface area contributed by atoms with Crippen molar-refractivity contribution in [3.05, 3.63) is 0 Å². The maximum absolute atomic E-state index is 10.6. The van der Waals surface area contributed by atoms with E-state index in [9.17, 15) is 9.59 Å². The summed E-state index contributed by atoms with van der Waals surface area (Å²) in [5.74, 6) is -0.921. The van der Waals surface area contributed by atoms with Crippen molar-refractivity contribution in [2.75, 3.05) is 5.75 Å². The number of hydrogen-bond donors (Lipinski definition) is 4. The van der Waals surface area contributed by atoms with Crippen LogP contribution in [0.25, 0.3) is 0 Å². The molecule has 0 aromatic rings. The minimum Gasteiger partial charge on any atom is -0.480 e. The number of amides is 1. The van der Waals surface area contributed by atoms with Crippen LogP contribution in [0.1, 0.15) is 13.3 Å². The van der Waals surface area contributed by atoms with Gasteiger partial charge in [0.1, 0.15) is 6.04 Å². The molecule has 1 amide bonds. The Kier molecular flexibility index (Phi) is 5.98. The lowest BCUT2D eigenvalue weighted by Gasteiger charge is -2.15. The highest BCUT2D eigenvalue weighted by Crippen LogP contribution is 2.07. The lowest BCUT2D eigenvalue weighted by atomic mass is 10.1. The first kappa shape index (κ1) is 12.6. The largest absolute Gasteiger partial charge is 0.480 e. The SMILES string of the molecule is CC(=O)NC(CC(S)CS)C(=O)O. The fourth-order valence-electron chi connectivity index (χ4n) is 0.813. The van der Waals surface area contributed by atoms with E-state index in [0.29, 0.717) is 5.75 Å². The van der Waals surface area contributed by atoms with E-state index in [0.717, 1.165) is 0 Å². The molecule has 0 aliphatic heterocycles. The van der Waals surface area contributed by atoms with Crippen LogP contribution in [0.4, 0.5) is 0 Å². The molecule has 76 valence electrons. The Labute approximate surface area is 87.9 Å². The van der Waals surface area contributed by atoms with Gasteiger partial charge < -0.3 is 10.4 Å². The number of carbonyl (C=O) groups excluding carboxylic acids is 1. The van der Waals surface area contributed by atoms with Crippen LogP contribution in [0.5, 0.6) is 0 Å². The van der Waals surface area contributed by atoms with E-state index >= 15 is 0 Å². The highest BCUT2D eigenvalue weighted by molar-refractivity contribution is 7.84. The van der Waals surface area contributed by atoms with Gasteiger partial charge in [0.15, 0.2) is 0 Å². The molecule has 13 heavy (non-hydrogen) atoms. The number of nitrogens with one attached hydrogen (secondary N) is 1. The van der Waals surface area contributed by atoms with E-state index in [1.165, 1.54) is 6.92 Å². The summed E-state index contributed by atoms with van der Waals surface area (Å²) in [6, 6.07) is -0.868. The smallest absolute Gasteiger partial charge is 0.326 e. The second kappa shape index (κ2) is 6.15. The van der Waals surface area contributed by atoms with Gasteiger partial charge in [0.05, 0.1) is 0 Å². The summed E-state index contributed by atoms with van der Waals surface area (Å²) in [5.41, 5.74) is 0. The van der Waals surface area contributed by atoms with Gasteiger partial charge in [-0.25, -0.2) is 4.79 Å². The molecule has 0 aliphatic rings. The van der Waals surface area contributed by atoms with Gasteiger partial charge in [-0.05, 0) is 6.42 Å². The van der Waals surface area contributed by atoms with E-state index in [1.807, 2.05) is 0 Å². The molecule has 0 saturated carbocycles. The van der Waals surface area contributed by atoms with Gasteiger partial charge in [-0.3, -0.25) is 4.79 Å². The number of carboxylic acids is 1. The average molecular weight is 223 g/mol. The number of carboxylic acid groups (broad SMARTS) is 1. The molecule has 2 unspecified atom stereocenters. The quantitative estimate of drug-likeness (QED) is 0.503. The van der Waals surface area contributed by atoms with E-state index in [2.05, 4.69) is 30.6 Å². The third kappa shape index (κ3) is 5.81. The summed E-state index contributed by atoms with van der Waals surface area (Å²) in [6.07, 6.45) is 0.279. The van der Waals surface area contributed by atoms with Gasteiger partial charge in [0.25, 0.3) is 0 Å². The van der Waals surface area contributed by atoms with Crippen LogP contribution in [-0.2, 0) is 9.59 Å². The van der Waals surface area contributed by atoms with Crippen LogP contribution in [0.3, 0.4) is 0 Å². The molecule has 0 rings (SSSR count). The Balaban J connectivity index is 4.10. The number of carbonyl (C=O) groups is 2. The van der Waals surface area contributed by atoms with Crippen LogP contribution in [0, 0.1) is 0 Å². The molecule has 2 atom stereocenters. The van der Waals surface area contributed by atoms with Crippen molar-refractivity contribution in [3.63, 3.8) is 0 Å². The normalized spacial score (nSPS) is 14.7. The maximum Gasteiger partial charge on any atom is 0.326 e. The van der Waals surface area contributed by atoms with Gasteiger partial charge >= 0.3 is 5.97 Å². The van der Waals surface area contributed by atoms with Gasteiger partial charge in [0, 0.05) is 17.9 Å². The molecule has 0 fully saturated rings. The van der Waals surface area contributed by atoms with Crippen LogP contribution in [-0.4, -0.2) is 34.0 Å². The summed E-state index contributed by atoms with van der Waals surface area (Å²) in [6.45, 7) is 1.28. The number of rotatable bonds is 5. The first-order valence-corrected chi connectivity index (χ1v) is 4.91. The van der Waals surface area contributed by atoms with Gasteiger partial charge in [-0.1, -0.05) is 0 Å². The molecule has 0 heterocycles. The minimum absolute atomic E-state index is 0.128. The van der Waals surface area contributed by atoms with Gasteiger partial charge in [0.2, 0.25) is 5.91 Å². The summed E-state index contributed by atoms with van der Waals surface area (Å²) in [7, 11) is 0. The molecule has 0 spiro atoms. The zero-order valence-electron chi connectivity index (χ0n) is 7.23. The number of thiol groups is 2. The highest BCUT2D eigenvalue weighted by atomic mass is 32.1. The fourth-order valence-corrected chi connectivity index (χ4v) is 1.17. The predicted octanol–water partition coefficient (Wildman–Crippen LogP) is 0.194. The van der Waals surface area contributed by atoms with Crippen molar-refractivity contribution in [1.29, 1.82) is 0 Å². The molecule has 0 aromatic heterocycles. The standard InChI is InChI=1S/C7H13NO3S2/c1-4(9)8-6(7(10)11)2-5(13)3-12/h5-6,12-13H,2-3H2,1H3,(H,8,9)(H,10,11). The molecule has 6 heteroatoms. The zero-order valence-corrected chi connectivity index (χ0v) is 9.02. The molecular formula is C7H13NO3S2. The molecule has 0 saturated heterocycles. The van der Waals surface area contributed by atoms with Crippen molar-refractivity contribution in [3.8, 4) is 0 Å². The lowest BCUT2D eigenvalue weighted by Crippen LogP contribution is -2.41. The molecule has 0 radical (unpaired) electrons. The first-order valence-electron chi connectivity index (χ1n) is 3.76. The molecular weight excluding hydrogens is 210 g/mol. The third-order valence-corrected chi connectivity index (χ3v) is 2.52. The van der Waals surface area contributed by atoms with Crippen molar-refractivity contribution in [1.82, 2.24) is 5.32 Å². The monoisotopic (exact) mass is 223 g/mol. The Morgan fingerprint density at radius 2 is 2.08 bits per heavy atom. The molecule has 4 nitrogen and oxygen atoms in total. The Hall–Kier alpha value is -0.360. The summed E-state index contributed by atoms with van der Waals surface area (Å²) >= 11 is 8.06. The van der Waals surface area contributed by atoms with E-state index in [4.69, 9.17) is 5.11 Å². The van der Waals surface area contributed by atoms with E-state index < -0.39 is 12.0 Å². The van der Waals surface area contributed by atoms with Crippen molar-refractivity contribution in [2.24, 2.45) is 0 Å². The van der Waals surface area contributed by atoms with Gasteiger partial charge in [-0.15, -0.1) is 0 Å². The predicted molar refractivity (Wildman–Crippen MR) is 56.5 cm³/mol. The molecule has 0 bridgehead atoms. The second-order valence-corrected chi connectivity index (χ2v) is 3.76. The first-order chi connectivity index (χ1) is 5.97. The molecule has 2 N–H and O–H groups in total. The number of hydrogen-bond acceptors (Lipinski definition) is 4. The second-order valence-electron chi connectivity index (χ2n) is 2.66. The fraction of sp³-hybridized carbons (Fsp3) is 0.714. The maximum atomic E-state index is 10.6. The van der Waals surface area contributed by atoms with Crippen LogP contribution < -0.4 is 5.32 Å². The van der Waals surface area contributed by atoms with E-state index in [1.54, 1.807) is 0 Å². The summed E-state index contributed by atoms with van der Waals surface area (Å²) in [5, 5.41) is 10.9. The summed E-state index contributed by atoms with van der Waals surface area (Å²) < 4.78 is 0. The van der Waals surface area contributed by atoms with Crippen molar-refractivity contribution in [2.45, 2.75) is 24.6 Å². The minimum atomic E-state index is -1.05. The Morgan fingerprint density at radius 1 is 1.54 bits per heavy atom. The third-order valence-electron chi connectivity index (χ3n) is 1.39. The van der Waals surface area contributed by atoms with Crippen molar-refractivity contribution < 1.29 is 14.7 Å².